The number of amides is 1. The van der Waals surface area contributed by atoms with Gasteiger partial charge in [0, 0.05) is 18.1 Å². The summed E-state index contributed by atoms with van der Waals surface area (Å²) in [5.74, 6) is 0.500. The number of carbonyl (C=O) groups excluding carboxylic acids is 1. The van der Waals surface area contributed by atoms with Crippen LogP contribution in [0.15, 0.2) is 22.6 Å². The number of oxazole rings is 1. The molecule has 26 heavy (non-hydrogen) atoms. The minimum atomic E-state index is -0.150. The number of aromatic amines is 1. The molecule has 2 aromatic heterocycles. The smallest absolute Gasteiger partial charge is 0.298 e. The van der Waals surface area contributed by atoms with Crippen LogP contribution < -0.4 is 16.0 Å². The Bertz CT molecular complexity index is 938. The van der Waals surface area contributed by atoms with Crippen LogP contribution in [0.1, 0.15) is 18.7 Å². The lowest BCUT2D eigenvalue weighted by molar-refractivity contribution is -0.125. The third-order valence-electron chi connectivity index (χ3n) is 4.38. The number of nitrogens with two attached hydrogens (primary N) is 1. The van der Waals surface area contributed by atoms with Gasteiger partial charge in [0.1, 0.15) is 11.3 Å². The van der Waals surface area contributed by atoms with Crippen molar-refractivity contribution >= 4 is 40.6 Å². The molecule has 1 fully saturated rings. The molecule has 1 saturated heterocycles. The van der Waals surface area contributed by atoms with Crippen molar-refractivity contribution in [1.82, 2.24) is 25.5 Å². The van der Waals surface area contributed by atoms with Gasteiger partial charge in [0.2, 0.25) is 11.9 Å². The van der Waals surface area contributed by atoms with E-state index in [1.807, 2.05) is 4.90 Å². The number of aromatic nitrogens is 4. The van der Waals surface area contributed by atoms with Crippen LogP contribution in [0.25, 0.3) is 11.1 Å². The summed E-state index contributed by atoms with van der Waals surface area (Å²) in [6, 6.07) is 5.84. The number of halogens is 1. The fourth-order valence-electron chi connectivity index (χ4n) is 3.09. The van der Waals surface area contributed by atoms with Gasteiger partial charge in [0.25, 0.3) is 6.01 Å². The fraction of sp³-hybridized carbons (Fsp3) is 0.375. The predicted octanol–water partition coefficient (Wildman–Crippen LogP) is 1.71. The Morgan fingerprint density at radius 1 is 1.46 bits per heavy atom. The zero-order valence-electron chi connectivity index (χ0n) is 13.9. The minimum Gasteiger partial charge on any atom is -0.423 e. The second-order valence-corrected chi connectivity index (χ2v) is 6.69. The van der Waals surface area contributed by atoms with E-state index in [9.17, 15) is 4.79 Å². The summed E-state index contributed by atoms with van der Waals surface area (Å²) in [7, 11) is 0. The number of piperidine rings is 1. The number of benzene rings is 1. The molecule has 1 amide bonds. The Kier molecular flexibility index (Phi) is 4.37. The van der Waals surface area contributed by atoms with E-state index in [-0.39, 0.29) is 24.3 Å². The molecule has 3 heterocycles. The van der Waals surface area contributed by atoms with Crippen molar-refractivity contribution in [3.8, 4) is 0 Å². The molecule has 1 aliphatic heterocycles. The van der Waals surface area contributed by atoms with Crippen LogP contribution in [0.5, 0.6) is 0 Å². The van der Waals surface area contributed by atoms with Crippen molar-refractivity contribution in [2.24, 2.45) is 5.92 Å². The summed E-state index contributed by atoms with van der Waals surface area (Å²) in [5, 5.41) is 9.89. The van der Waals surface area contributed by atoms with Gasteiger partial charge in [-0.15, -0.1) is 5.10 Å². The largest absolute Gasteiger partial charge is 0.423 e. The van der Waals surface area contributed by atoms with Crippen LogP contribution in [0.3, 0.4) is 0 Å². The maximum Gasteiger partial charge on any atom is 0.298 e. The van der Waals surface area contributed by atoms with Crippen LogP contribution in [0, 0.1) is 5.92 Å². The van der Waals surface area contributed by atoms with E-state index >= 15 is 0 Å². The predicted molar refractivity (Wildman–Crippen MR) is 96.6 cm³/mol. The summed E-state index contributed by atoms with van der Waals surface area (Å²) in [4.78, 5) is 22.9. The Morgan fingerprint density at radius 2 is 2.35 bits per heavy atom. The van der Waals surface area contributed by atoms with Gasteiger partial charge in [-0.25, -0.2) is 0 Å². The standard InChI is InChI=1S/C16H18ClN7O2/c17-10-3-4-12-11(6-10)20-16(26-12)24-5-1-2-9(8-24)14(25)19-7-13-21-15(18)23-22-13/h3-4,6,9H,1-2,5,7-8H2,(H,19,25)(H3,18,21,22,23). The van der Waals surface area contributed by atoms with Crippen molar-refractivity contribution in [2.75, 3.05) is 23.7 Å². The van der Waals surface area contributed by atoms with E-state index in [0.717, 1.165) is 19.4 Å². The molecular weight excluding hydrogens is 358 g/mol. The summed E-state index contributed by atoms with van der Waals surface area (Å²) >= 11 is 6.00. The van der Waals surface area contributed by atoms with Gasteiger partial charge < -0.3 is 20.4 Å². The van der Waals surface area contributed by atoms with E-state index in [2.05, 4.69) is 25.5 Å². The summed E-state index contributed by atoms with van der Waals surface area (Å²) in [6.45, 7) is 1.61. The van der Waals surface area contributed by atoms with Crippen molar-refractivity contribution < 1.29 is 9.21 Å². The molecular formula is C16H18ClN7O2. The number of nitrogen functional groups attached to an aromatic ring is 1. The normalized spacial score (nSPS) is 17.6. The van der Waals surface area contributed by atoms with Crippen molar-refractivity contribution in [3.05, 3.63) is 29.0 Å². The third kappa shape index (κ3) is 3.43. The lowest BCUT2D eigenvalue weighted by Crippen LogP contribution is -2.43. The number of nitrogens with one attached hydrogen (secondary N) is 2. The van der Waals surface area contributed by atoms with Crippen LogP contribution in [-0.2, 0) is 11.3 Å². The molecule has 1 atom stereocenters. The van der Waals surface area contributed by atoms with Crippen LogP contribution in [0.2, 0.25) is 5.02 Å². The summed E-state index contributed by atoms with van der Waals surface area (Å²) in [6.07, 6.45) is 1.69. The number of rotatable bonds is 4. The first-order valence-electron chi connectivity index (χ1n) is 8.34. The van der Waals surface area contributed by atoms with Crippen molar-refractivity contribution in [1.29, 1.82) is 0 Å². The summed E-state index contributed by atoms with van der Waals surface area (Å²) < 4.78 is 5.81. The molecule has 9 nitrogen and oxygen atoms in total. The average Bonchev–Trinajstić information content (AvgIpc) is 3.25. The van der Waals surface area contributed by atoms with Gasteiger partial charge in [0.15, 0.2) is 5.58 Å². The van der Waals surface area contributed by atoms with Gasteiger partial charge in [-0.3, -0.25) is 9.89 Å². The zero-order chi connectivity index (χ0) is 18.1. The Morgan fingerprint density at radius 3 is 3.15 bits per heavy atom. The second-order valence-electron chi connectivity index (χ2n) is 6.25. The molecule has 4 N–H and O–H groups in total. The first kappa shape index (κ1) is 16.6. The van der Waals surface area contributed by atoms with E-state index < -0.39 is 0 Å². The van der Waals surface area contributed by atoms with Crippen LogP contribution in [-0.4, -0.2) is 39.2 Å². The van der Waals surface area contributed by atoms with Gasteiger partial charge in [0.05, 0.1) is 12.5 Å². The van der Waals surface area contributed by atoms with E-state index in [1.165, 1.54) is 0 Å². The van der Waals surface area contributed by atoms with Gasteiger partial charge >= 0.3 is 0 Å². The molecule has 0 radical (unpaired) electrons. The Balaban J connectivity index is 1.41. The molecule has 0 spiro atoms. The van der Waals surface area contributed by atoms with Crippen molar-refractivity contribution in [2.45, 2.75) is 19.4 Å². The van der Waals surface area contributed by atoms with Gasteiger partial charge in [-0.2, -0.15) is 9.97 Å². The molecule has 1 unspecified atom stereocenters. The number of anilines is 2. The van der Waals surface area contributed by atoms with Crippen LogP contribution in [0.4, 0.5) is 12.0 Å². The van der Waals surface area contributed by atoms with Gasteiger partial charge in [-0.1, -0.05) is 11.6 Å². The molecule has 1 aromatic carbocycles. The minimum absolute atomic E-state index is 0.0381. The van der Waals surface area contributed by atoms with Crippen LogP contribution >= 0.6 is 11.6 Å². The highest BCUT2D eigenvalue weighted by Crippen LogP contribution is 2.28. The molecule has 1 aliphatic rings. The maximum atomic E-state index is 12.5. The SMILES string of the molecule is Nc1n[nH]c(CNC(=O)C2CCCN(c3nc4cc(Cl)ccc4o3)C2)n1. The van der Waals surface area contributed by atoms with Gasteiger partial charge in [-0.05, 0) is 31.0 Å². The first-order valence-corrected chi connectivity index (χ1v) is 8.72. The molecule has 0 bridgehead atoms. The highest BCUT2D eigenvalue weighted by molar-refractivity contribution is 6.31. The molecule has 4 rings (SSSR count). The van der Waals surface area contributed by atoms with E-state index in [4.69, 9.17) is 21.8 Å². The average molecular weight is 376 g/mol. The lowest BCUT2D eigenvalue weighted by atomic mass is 9.97. The molecule has 3 aromatic rings. The fourth-order valence-corrected chi connectivity index (χ4v) is 3.26. The lowest BCUT2D eigenvalue weighted by Gasteiger charge is -2.30. The quantitative estimate of drug-likeness (QED) is 0.633. The number of hydrogen-bond donors (Lipinski definition) is 3. The number of nitrogens with zero attached hydrogens (tertiary/aromatic N) is 4. The zero-order valence-corrected chi connectivity index (χ0v) is 14.7. The highest BCUT2D eigenvalue weighted by atomic mass is 35.5. The molecule has 0 aliphatic carbocycles. The summed E-state index contributed by atoms with van der Waals surface area (Å²) in [5.41, 5.74) is 6.84. The van der Waals surface area contributed by atoms with E-state index in [0.29, 0.717) is 34.5 Å². The topological polar surface area (TPSA) is 126 Å². The Hall–Kier alpha value is -2.81. The molecule has 136 valence electrons. The second kappa shape index (κ2) is 6.83. The third-order valence-corrected chi connectivity index (χ3v) is 4.62. The maximum absolute atomic E-state index is 12.5. The molecule has 10 heteroatoms. The molecule has 0 saturated carbocycles. The highest BCUT2D eigenvalue weighted by Gasteiger charge is 2.28. The number of fused-ring (bicyclic) bond motifs is 1. The number of H-pyrrole nitrogens is 1. The Labute approximate surface area is 153 Å². The monoisotopic (exact) mass is 375 g/mol. The number of hydrogen-bond acceptors (Lipinski definition) is 7. The number of carbonyl (C=O) groups is 1. The first-order chi connectivity index (χ1) is 12.6. The van der Waals surface area contributed by atoms with Crippen molar-refractivity contribution in [3.63, 3.8) is 0 Å². The van der Waals surface area contributed by atoms with E-state index in [1.54, 1.807) is 18.2 Å².